The fourth-order valence-corrected chi connectivity index (χ4v) is 1.67. The molecule has 5 heteroatoms. The number of benzene rings is 2. The van der Waals surface area contributed by atoms with Gasteiger partial charge in [0.2, 0.25) is 0 Å². The van der Waals surface area contributed by atoms with Crippen LogP contribution in [0, 0.1) is 0 Å². The van der Waals surface area contributed by atoms with E-state index in [0.29, 0.717) is 22.6 Å². The van der Waals surface area contributed by atoms with Gasteiger partial charge in [-0.25, -0.2) is 0 Å². The highest BCUT2D eigenvalue weighted by molar-refractivity contribution is 6.23. The number of carbonyl (C=O) groups is 2. The molecule has 0 aliphatic carbocycles. The maximum atomic E-state index is 11.1. The Morgan fingerprint density at radius 3 is 2.11 bits per heavy atom. The van der Waals surface area contributed by atoms with Crippen molar-refractivity contribution in [3.05, 3.63) is 59.7 Å². The van der Waals surface area contributed by atoms with Crippen molar-refractivity contribution in [2.45, 2.75) is 0 Å². The predicted octanol–water partition coefficient (Wildman–Crippen LogP) is 1.54. The molecule has 0 unspecified atom stereocenters. The lowest BCUT2D eigenvalue weighted by Crippen LogP contribution is -2.20. The number of fused-ring (bicyclic) bond motifs is 1. The predicted molar refractivity (Wildman–Crippen MR) is 70.8 cm³/mol. The highest BCUT2D eigenvalue weighted by Crippen LogP contribution is 2.20. The number of rotatable bonds is 0. The van der Waals surface area contributed by atoms with E-state index in [2.05, 4.69) is 5.32 Å². The molecule has 0 fully saturated rings. The van der Waals surface area contributed by atoms with E-state index in [1.54, 1.807) is 42.5 Å². The van der Waals surface area contributed by atoms with Crippen molar-refractivity contribution in [3.63, 3.8) is 0 Å². The van der Waals surface area contributed by atoms with Crippen molar-refractivity contribution < 1.29 is 14.7 Å². The summed E-state index contributed by atoms with van der Waals surface area (Å²) in [6, 6.07) is 13.5. The Morgan fingerprint density at radius 1 is 0.895 bits per heavy atom. The topological polar surface area (TPSA) is 92.4 Å². The second-order valence-corrected chi connectivity index (χ2v) is 3.89. The van der Waals surface area contributed by atoms with Crippen LogP contribution in [-0.4, -0.2) is 16.9 Å². The molecule has 0 bridgehead atoms. The lowest BCUT2D eigenvalue weighted by Gasteiger charge is -1.96. The van der Waals surface area contributed by atoms with Crippen LogP contribution in [0.5, 0.6) is 5.75 Å². The van der Waals surface area contributed by atoms with E-state index in [9.17, 15) is 9.59 Å². The van der Waals surface area contributed by atoms with Gasteiger partial charge in [-0.1, -0.05) is 24.3 Å². The second kappa shape index (κ2) is 5.22. The fourth-order valence-electron chi connectivity index (χ4n) is 1.67. The summed E-state index contributed by atoms with van der Waals surface area (Å²) in [5, 5.41) is 10.8. The molecule has 1 heterocycles. The Labute approximate surface area is 109 Å². The Hall–Kier alpha value is -2.82. The molecule has 2 amide bonds. The number of nitrogens with one attached hydrogen (secondary N) is 1. The number of para-hydroxylation sites is 1. The Morgan fingerprint density at radius 2 is 1.58 bits per heavy atom. The van der Waals surface area contributed by atoms with E-state index in [0.717, 1.165) is 0 Å². The summed E-state index contributed by atoms with van der Waals surface area (Å²) in [6.45, 7) is 0. The quantitative estimate of drug-likeness (QED) is 0.492. The molecule has 1 aliphatic heterocycles. The number of imide groups is 1. The first kappa shape index (κ1) is 12.6. The molecule has 96 valence electrons. The Kier molecular flexibility index (Phi) is 3.47. The van der Waals surface area contributed by atoms with Gasteiger partial charge in [-0.3, -0.25) is 14.9 Å². The molecule has 0 atom stereocenters. The maximum Gasteiger partial charge on any atom is 0.261 e. The lowest BCUT2D eigenvalue weighted by atomic mass is 10.1. The number of hydrogen-bond donors (Lipinski definition) is 3. The number of hydrogen-bond acceptors (Lipinski definition) is 4. The summed E-state index contributed by atoms with van der Waals surface area (Å²) in [5.41, 5.74) is 6.51. The van der Waals surface area contributed by atoms with Gasteiger partial charge in [0.05, 0.1) is 11.1 Å². The minimum absolute atomic E-state index is 0.294. The highest BCUT2D eigenvalue weighted by atomic mass is 16.3. The van der Waals surface area contributed by atoms with Gasteiger partial charge in [0, 0.05) is 5.69 Å². The Balaban J connectivity index is 0.000000163. The van der Waals surface area contributed by atoms with Gasteiger partial charge in [0.25, 0.3) is 11.8 Å². The van der Waals surface area contributed by atoms with Crippen molar-refractivity contribution in [1.29, 1.82) is 0 Å². The van der Waals surface area contributed by atoms with Crippen molar-refractivity contribution in [2.75, 3.05) is 5.73 Å². The van der Waals surface area contributed by atoms with E-state index in [1.165, 1.54) is 0 Å². The normalized spacial score (nSPS) is 12.2. The van der Waals surface area contributed by atoms with Crippen LogP contribution in [0.25, 0.3) is 0 Å². The van der Waals surface area contributed by atoms with Crippen LogP contribution in [0.15, 0.2) is 48.5 Å². The van der Waals surface area contributed by atoms with Gasteiger partial charge >= 0.3 is 0 Å². The van der Waals surface area contributed by atoms with Crippen molar-refractivity contribution in [3.8, 4) is 5.75 Å². The number of carbonyl (C=O) groups excluding carboxylic acids is 2. The van der Waals surface area contributed by atoms with Gasteiger partial charge < -0.3 is 10.8 Å². The summed E-state index contributed by atoms with van der Waals surface area (Å²) < 4.78 is 0. The monoisotopic (exact) mass is 256 g/mol. The molecule has 3 rings (SSSR count). The van der Waals surface area contributed by atoms with E-state index in [-0.39, 0.29) is 5.91 Å². The van der Waals surface area contributed by atoms with E-state index in [1.807, 2.05) is 6.07 Å². The van der Waals surface area contributed by atoms with Crippen LogP contribution in [0.2, 0.25) is 0 Å². The number of aromatic hydroxyl groups is 1. The van der Waals surface area contributed by atoms with Crippen molar-refractivity contribution >= 4 is 17.5 Å². The van der Waals surface area contributed by atoms with Gasteiger partial charge in [0.15, 0.2) is 0 Å². The molecular weight excluding hydrogens is 244 g/mol. The van der Waals surface area contributed by atoms with E-state index in [4.69, 9.17) is 10.8 Å². The minimum Gasteiger partial charge on any atom is -0.508 e. The number of phenolic OH excluding ortho intramolecular Hbond substituents is 1. The molecular formula is C14H12N2O3. The van der Waals surface area contributed by atoms with Crippen LogP contribution in [0.1, 0.15) is 20.7 Å². The van der Waals surface area contributed by atoms with Crippen molar-refractivity contribution in [1.82, 2.24) is 5.32 Å². The first-order valence-corrected chi connectivity index (χ1v) is 5.58. The highest BCUT2D eigenvalue weighted by Gasteiger charge is 2.27. The van der Waals surface area contributed by atoms with Gasteiger partial charge in [-0.05, 0) is 24.3 Å². The molecule has 5 nitrogen and oxygen atoms in total. The van der Waals surface area contributed by atoms with Crippen LogP contribution < -0.4 is 11.1 Å². The molecule has 2 aromatic rings. The first-order valence-electron chi connectivity index (χ1n) is 5.58. The average Bonchev–Trinajstić information content (AvgIpc) is 2.68. The van der Waals surface area contributed by atoms with E-state index < -0.39 is 5.91 Å². The molecule has 0 saturated carbocycles. The number of anilines is 1. The smallest absolute Gasteiger partial charge is 0.261 e. The van der Waals surface area contributed by atoms with E-state index >= 15 is 0 Å². The standard InChI is InChI=1S/C8H6N2O2.C6H6O/c9-5-3-1-2-4-6(5)8(12)10-7(4)11;7-6-4-2-1-3-5-6/h1-3H,9H2,(H,10,11,12);1-5,7H. The van der Waals surface area contributed by atoms with Gasteiger partial charge in [-0.2, -0.15) is 0 Å². The van der Waals surface area contributed by atoms with Gasteiger partial charge in [-0.15, -0.1) is 0 Å². The first-order chi connectivity index (χ1) is 9.09. The summed E-state index contributed by atoms with van der Waals surface area (Å²) in [5.74, 6) is -0.460. The zero-order chi connectivity index (χ0) is 13.8. The Bertz CT molecular complexity index is 624. The van der Waals surface area contributed by atoms with Crippen molar-refractivity contribution in [2.24, 2.45) is 0 Å². The van der Waals surface area contributed by atoms with Crippen LogP contribution in [0.4, 0.5) is 5.69 Å². The van der Waals surface area contributed by atoms with Gasteiger partial charge in [0.1, 0.15) is 5.75 Å². The number of phenols is 1. The fraction of sp³-hybridized carbons (Fsp3) is 0. The van der Waals surface area contributed by atoms with Crippen LogP contribution in [-0.2, 0) is 0 Å². The average molecular weight is 256 g/mol. The summed E-state index contributed by atoms with van der Waals surface area (Å²) in [4.78, 5) is 22.1. The molecule has 2 aromatic carbocycles. The minimum atomic E-state index is -0.409. The largest absolute Gasteiger partial charge is 0.508 e. The number of amides is 2. The third kappa shape index (κ3) is 2.71. The number of nitrogen functional groups attached to an aromatic ring is 1. The molecule has 0 spiro atoms. The maximum absolute atomic E-state index is 11.1. The molecule has 0 saturated heterocycles. The molecule has 1 aliphatic rings. The number of nitrogens with two attached hydrogens (primary N) is 1. The zero-order valence-electron chi connectivity index (χ0n) is 9.96. The van der Waals surface area contributed by atoms with Crippen LogP contribution >= 0.6 is 0 Å². The SMILES string of the molecule is Nc1cccc2c1C(=O)NC2=O.Oc1ccccc1. The lowest BCUT2D eigenvalue weighted by molar-refractivity contribution is 0.0880. The summed E-state index contributed by atoms with van der Waals surface area (Å²) in [7, 11) is 0. The second-order valence-electron chi connectivity index (χ2n) is 3.89. The molecule has 0 aromatic heterocycles. The summed E-state index contributed by atoms with van der Waals surface area (Å²) in [6.07, 6.45) is 0. The molecule has 19 heavy (non-hydrogen) atoms. The summed E-state index contributed by atoms with van der Waals surface area (Å²) >= 11 is 0. The molecule has 4 N–H and O–H groups in total. The third-order valence-corrected chi connectivity index (χ3v) is 2.55. The molecule has 0 radical (unpaired) electrons. The zero-order valence-corrected chi connectivity index (χ0v) is 9.96. The van der Waals surface area contributed by atoms with Crippen LogP contribution in [0.3, 0.4) is 0 Å². The third-order valence-electron chi connectivity index (χ3n) is 2.55.